The Morgan fingerprint density at radius 3 is 3.00 bits per heavy atom. The van der Waals surface area contributed by atoms with Crippen LogP contribution in [0.4, 0.5) is 5.82 Å². The van der Waals surface area contributed by atoms with E-state index in [-0.39, 0.29) is 0 Å². The van der Waals surface area contributed by atoms with Gasteiger partial charge in [-0.05, 0) is 25.5 Å². The molecule has 4 nitrogen and oxygen atoms in total. The first kappa shape index (κ1) is 15.9. The summed E-state index contributed by atoms with van der Waals surface area (Å²) < 4.78 is 5.34. The van der Waals surface area contributed by atoms with Gasteiger partial charge in [0.2, 0.25) is 0 Å². The van der Waals surface area contributed by atoms with E-state index in [4.69, 9.17) is 16.3 Å². The molecule has 0 aromatic carbocycles. The highest BCUT2D eigenvalue weighted by molar-refractivity contribution is 7.99. The van der Waals surface area contributed by atoms with E-state index >= 15 is 0 Å². The molecule has 0 amide bonds. The molecule has 1 fully saturated rings. The van der Waals surface area contributed by atoms with Crippen molar-refractivity contribution >= 4 is 29.2 Å². The average molecular weight is 316 g/mol. The fourth-order valence-electron chi connectivity index (χ4n) is 2.49. The van der Waals surface area contributed by atoms with Crippen molar-refractivity contribution in [3.05, 3.63) is 17.0 Å². The predicted octanol–water partition coefficient (Wildman–Crippen LogP) is 3.75. The van der Waals surface area contributed by atoms with Crippen LogP contribution < -0.4 is 5.32 Å². The number of halogens is 1. The molecule has 1 aromatic rings. The molecule has 1 aromatic heterocycles. The number of hydrogen-bond acceptors (Lipinski definition) is 5. The molecule has 1 aliphatic carbocycles. The maximum absolute atomic E-state index is 6.06. The Morgan fingerprint density at radius 2 is 2.25 bits per heavy atom. The molecule has 0 bridgehead atoms. The topological polar surface area (TPSA) is 47.0 Å². The van der Waals surface area contributed by atoms with Gasteiger partial charge >= 0.3 is 0 Å². The normalized spacial score (nSPS) is 22.1. The van der Waals surface area contributed by atoms with Crippen molar-refractivity contribution in [1.29, 1.82) is 0 Å². The van der Waals surface area contributed by atoms with Crippen molar-refractivity contribution in [2.75, 3.05) is 17.7 Å². The van der Waals surface area contributed by atoms with Crippen molar-refractivity contribution in [3.8, 4) is 0 Å². The standard InChI is InChI=1S/C14H22ClN3OS/c1-3-19-9-14-17-12(15)8-13(18-14)16-10-6-5-7-11(10)20-4-2/h8,10-11H,3-7,9H2,1-2H3,(H,16,17,18). The highest BCUT2D eigenvalue weighted by Crippen LogP contribution is 2.32. The van der Waals surface area contributed by atoms with Gasteiger partial charge in [-0.15, -0.1) is 0 Å². The number of anilines is 1. The lowest BCUT2D eigenvalue weighted by Crippen LogP contribution is -2.27. The first-order chi connectivity index (χ1) is 9.72. The number of rotatable bonds is 7. The van der Waals surface area contributed by atoms with E-state index in [9.17, 15) is 0 Å². The zero-order valence-corrected chi connectivity index (χ0v) is 13.6. The summed E-state index contributed by atoms with van der Waals surface area (Å²) in [6.45, 7) is 5.22. The summed E-state index contributed by atoms with van der Waals surface area (Å²) in [6.07, 6.45) is 3.75. The molecule has 1 saturated carbocycles. The molecule has 1 aliphatic rings. The monoisotopic (exact) mass is 315 g/mol. The summed E-state index contributed by atoms with van der Waals surface area (Å²) >= 11 is 8.08. The molecule has 112 valence electrons. The second-order valence-electron chi connectivity index (χ2n) is 4.80. The minimum Gasteiger partial charge on any atom is -0.374 e. The maximum atomic E-state index is 6.06. The molecule has 1 heterocycles. The van der Waals surface area contributed by atoms with Gasteiger partial charge in [0.15, 0.2) is 5.82 Å². The largest absolute Gasteiger partial charge is 0.374 e. The fraction of sp³-hybridized carbons (Fsp3) is 0.714. The summed E-state index contributed by atoms with van der Waals surface area (Å²) in [7, 11) is 0. The third-order valence-corrected chi connectivity index (χ3v) is 4.86. The molecule has 6 heteroatoms. The molecular weight excluding hydrogens is 294 g/mol. The summed E-state index contributed by atoms with van der Waals surface area (Å²) in [5, 5.41) is 4.66. The highest BCUT2D eigenvalue weighted by atomic mass is 35.5. The Labute approximate surface area is 130 Å². The summed E-state index contributed by atoms with van der Waals surface area (Å²) in [4.78, 5) is 8.67. The van der Waals surface area contributed by atoms with Crippen molar-refractivity contribution in [3.63, 3.8) is 0 Å². The van der Waals surface area contributed by atoms with E-state index in [2.05, 4.69) is 22.2 Å². The van der Waals surface area contributed by atoms with E-state index < -0.39 is 0 Å². The third kappa shape index (κ3) is 4.50. The smallest absolute Gasteiger partial charge is 0.158 e. The second-order valence-corrected chi connectivity index (χ2v) is 6.71. The SMILES string of the molecule is CCOCc1nc(Cl)cc(NC2CCCC2SCC)n1. The third-order valence-electron chi connectivity index (χ3n) is 3.34. The quantitative estimate of drug-likeness (QED) is 0.776. The molecule has 0 aliphatic heterocycles. The zero-order valence-electron chi connectivity index (χ0n) is 12.1. The molecule has 0 saturated heterocycles. The molecule has 20 heavy (non-hydrogen) atoms. The minimum atomic E-state index is 0.406. The van der Waals surface area contributed by atoms with Crippen LogP contribution in [0.1, 0.15) is 38.9 Å². The number of nitrogens with one attached hydrogen (secondary N) is 1. The summed E-state index contributed by atoms with van der Waals surface area (Å²) in [5.74, 6) is 2.61. The summed E-state index contributed by atoms with van der Waals surface area (Å²) in [5.41, 5.74) is 0. The van der Waals surface area contributed by atoms with Gasteiger partial charge in [-0.3, -0.25) is 0 Å². The molecule has 0 spiro atoms. The van der Waals surface area contributed by atoms with Crippen LogP contribution in [0.3, 0.4) is 0 Å². The van der Waals surface area contributed by atoms with Crippen LogP contribution in [-0.4, -0.2) is 33.6 Å². The van der Waals surface area contributed by atoms with Gasteiger partial charge in [0.05, 0.1) is 0 Å². The minimum absolute atomic E-state index is 0.406. The molecule has 2 rings (SSSR count). The number of ether oxygens (including phenoxy) is 1. The number of thioether (sulfide) groups is 1. The van der Waals surface area contributed by atoms with Crippen molar-refractivity contribution in [2.24, 2.45) is 0 Å². The highest BCUT2D eigenvalue weighted by Gasteiger charge is 2.27. The Balaban J connectivity index is 2.02. The first-order valence-corrected chi connectivity index (χ1v) is 8.65. The fourth-order valence-corrected chi connectivity index (χ4v) is 3.89. The Hall–Kier alpha value is -0.520. The number of aromatic nitrogens is 2. The summed E-state index contributed by atoms with van der Waals surface area (Å²) in [6, 6.07) is 2.27. The predicted molar refractivity (Wildman–Crippen MR) is 85.6 cm³/mol. The molecule has 2 atom stereocenters. The van der Waals surface area contributed by atoms with Crippen LogP contribution in [0.25, 0.3) is 0 Å². The first-order valence-electron chi connectivity index (χ1n) is 7.22. The maximum Gasteiger partial charge on any atom is 0.158 e. The average Bonchev–Trinajstić information content (AvgIpc) is 2.84. The van der Waals surface area contributed by atoms with Crippen molar-refractivity contribution in [1.82, 2.24) is 9.97 Å². The Kier molecular flexibility index (Phi) is 6.39. The van der Waals surface area contributed by atoms with Gasteiger partial charge in [0, 0.05) is 24.0 Å². The second kappa shape index (κ2) is 8.05. The lowest BCUT2D eigenvalue weighted by Gasteiger charge is -2.21. The van der Waals surface area contributed by atoms with E-state index in [1.165, 1.54) is 19.3 Å². The van der Waals surface area contributed by atoms with Gasteiger partial charge in [-0.2, -0.15) is 11.8 Å². The van der Waals surface area contributed by atoms with Crippen LogP contribution in [0.15, 0.2) is 6.07 Å². The molecular formula is C14H22ClN3OS. The molecule has 1 N–H and O–H groups in total. The zero-order chi connectivity index (χ0) is 14.4. The lowest BCUT2D eigenvalue weighted by molar-refractivity contribution is 0.128. The van der Waals surface area contributed by atoms with E-state index in [1.54, 1.807) is 6.07 Å². The van der Waals surface area contributed by atoms with E-state index in [0.717, 1.165) is 11.6 Å². The van der Waals surface area contributed by atoms with Gasteiger partial charge in [-0.1, -0.05) is 24.9 Å². The number of nitrogens with zero attached hydrogens (tertiary/aromatic N) is 2. The van der Waals surface area contributed by atoms with Crippen LogP contribution in [-0.2, 0) is 11.3 Å². The van der Waals surface area contributed by atoms with Gasteiger partial charge in [0.25, 0.3) is 0 Å². The van der Waals surface area contributed by atoms with Crippen molar-refractivity contribution < 1.29 is 4.74 Å². The van der Waals surface area contributed by atoms with Gasteiger partial charge < -0.3 is 10.1 Å². The van der Waals surface area contributed by atoms with Crippen LogP contribution in [0.2, 0.25) is 5.15 Å². The Morgan fingerprint density at radius 1 is 1.40 bits per heavy atom. The molecule has 2 unspecified atom stereocenters. The van der Waals surface area contributed by atoms with Crippen molar-refractivity contribution in [2.45, 2.75) is 51.0 Å². The van der Waals surface area contributed by atoms with Gasteiger partial charge in [-0.25, -0.2) is 9.97 Å². The van der Waals surface area contributed by atoms with E-state index in [0.29, 0.717) is 35.5 Å². The number of hydrogen-bond donors (Lipinski definition) is 1. The van der Waals surface area contributed by atoms with E-state index in [1.807, 2.05) is 18.7 Å². The van der Waals surface area contributed by atoms with Gasteiger partial charge in [0.1, 0.15) is 17.6 Å². The van der Waals surface area contributed by atoms with Crippen LogP contribution >= 0.6 is 23.4 Å². The molecule has 0 radical (unpaired) electrons. The van der Waals surface area contributed by atoms with Crippen LogP contribution in [0.5, 0.6) is 0 Å². The Bertz CT molecular complexity index is 433. The lowest BCUT2D eigenvalue weighted by atomic mass is 10.2. The van der Waals surface area contributed by atoms with Crippen LogP contribution in [0, 0.1) is 0 Å².